The third-order valence-corrected chi connectivity index (χ3v) is 4.32. The second-order valence-corrected chi connectivity index (χ2v) is 5.48. The third-order valence-electron chi connectivity index (χ3n) is 2.89. The molecule has 0 spiro atoms. The highest BCUT2D eigenvalue weighted by molar-refractivity contribution is 8.00. The summed E-state index contributed by atoms with van der Waals surface area (Å²) in [5, 5.41) is 0.682. The van der Waals surface area contributed by atoms with E-state index in [1.54, 1.807) is 12.1 Å². The average Bonchev–Trinajstić information content (AvgIpc) is 2.73. The molecule has 86 valence electrons. The van der Waals surface area contributed by atoms with E-state index in [1.165, 1.54) is 25.7 Å². The van der Waals surface area contributed by atoms with E-state index < -0.39 is 5.91 Å². The van der Waals surface area contributed by atoms with Crippen molar-refractivity contribution in [1.29, 1.82) is 0 Å². The van der Waals surface area contributed by atoms with Crippen molar-refractivity contribution in [2.75, 3.05) is 5.73 Å². The molecule has 0 aliphatic heterocycles. The lowest BCUT2D eigenvalue weighted by Crippen LogP contribution is -2.11. The Labute approximate surface area is 99.6 Å². The lowest BCUT2D eigenvalue weighted by atomic mass is 10.2. The van der Waals surface area contributed by atoms with Crippen molar-refractivity contribution in [2.24, 2.45) is 5.73 Å². The molecule has 2 rings (SSSR count). The number of amides is 1. The van der Waals surface area contributed by atoms with E-state index in [9.17, 15) is 4.79 Å². The van der Waals surface area contributed by atoms with Gasteiger partial charge in [0.25, 0.3) is 0 Å². The summed E-state index contributed by atoms with van der Waals surface area (Å²) in [6, 6.07) is 5.31. The fourth-order valence-electron chi connectivity index (χ4n) is 1.99. The summed E-state index contributed by atoms with van der Waals surface area (Å²) in [5.74, 6) is -0.427. The minimum atomic E-state index is -0.427. The monoisotopic (exact) mass is 236 g/mol. The molecule has 0 saturated heterocycles. The number of benzene rings is 1. The van der Waals surface area contributed by atoms with Gasteiger partial charge in [-0.05, 0) is 31.0 Å². The number of nitrogen functional groups attached to an aromatic ring is 1. The summed E-state index contributed by atoms with van der Waals surface area (Å²) in [4.78, 5) is 12.0. The molecular formula is C12H16N2OS. The average molecular weight is 236 g/mol. The molecule has 0 unspecified atom stereocenters. The number of rotatable bonds is 3. The van der Waals surface area contributed by atoms with Crippen molar-refractivity contribution < 1.29 is 4.79 Å². The molecule has 4 heteroatoms. The Balaban J connectivity index is 2.12. The standard InChI is InChI=1S/C12H16N2OS/c13-10-7-8(12(14)15)5-6-11(10)16-9-3-1-2-4-9/h5-7,9H,1-4,13H2,(H2,14,15). The van der Waals surface area contributed by atoms with Gasteiger partial charge in [0.15, 0.2) is 0 Å². The van der Waals surface area contributed by atoms with Crippen LogP contribution < -0.4 is 11.5 Å². The molecule has 0 aromatic heterocycles. The van der Waals surface area contributed by atoms with E-state index in [-0.39, 0.29) is 0 Å². The zero-order valence-electron chi connectivity index (χ0n) is 9.11. The Morgan fingerprint density at radius 2 is 2.00 bits per heavy atom. The van der Waals surface area contributed by atoms with Crippen LogP contribution in [-0.4, -0.2) is 11.2 Å². The van der Waals surface area contributed by atoms with Gasteiger partial charge in [-0.1, -0.05) is 12.8 Å². The SMILES string of the molecule is NC(=O)c1ccc(SC2CCCC2)c(N)c1. The Morgan fingerprint density at radius 1 is 1.31 bits per heavy atom. The van der Waals surface area contributed by atoms with Crippen LogP contribution in [0.3, 0.4) is 0 Å². The summed E-state index contributed by atoms with van der Waals surface area (Å²) in [5.41, 5.74) is 12.2. The van der Waals surface area contributed by atoms with Gasteiger partial charge in [-0.2, -0.15) is 0 Å². The first kappa shape index (κ1) is 11.3. The van der Waals surface area contributed by atoms with Crippen LogP contribution in [0.25, 0.3) is 0 Å². The molecule has 1 fully saturated rings. The molecule has 1 aromatic rings. The third kappa shape index (κ3) is 2.50. The first-order valence-electron chi connectivity index (χ1n) is 5.53. The van der Waals surface area contributed by atoms with E-state index in [1.807, 2.05) is 17.8 Å². The van der Waals surface area contributed by atoms with E-state index in [0.717, 1.165) is 4.90 Å². The van der Waals surface area contributed by atoms with Crippen LogP contribution in [0.5, 0.6) is 0 Å². The van der Waals surface area contributed by atoms with Gasteiger partial charge in [0, 0.05) is 21.4 Å². The lowest BCUT2D eigenvalue weighted by molar-refractivity contribution is 0.100. The van der Waals surface area contributed by atoms with Gasteiger partial charge in [-0.15, -0.1) is 11.8 Å². The maximum Gasteiger partial charge on any atom is 0.248 e. The van der Waals surface area contributed by atoms with Gasteiger partial charge in [-0.3, -0.25) is 4.79 Å². The topological polar surface area (TPSA) is 69.1 Å². The fraction of sp³-hybridized carbons (Fsp3) is 0.417. The van der Waals surface area contributed by atoms with Crippen LogP contribution in [0.1, 0.15) is 36.0 Å². The van der Waals surface area contributed by atoms with Crippen LogP contribution in [0.2, 0.25) is 0 Å². The molecule has 0 heterocycles. The van der Waals surface area contributed by atoms with Crippen molar-refractivity contribution in [3.05, 3.63) is 23.8 Å². The van der Waals surface area contributed by atoms with Crippen LogP contribution in [0.4, 0.5) is 5.69 Å². The second-order valence-electron chi connectivity index (χ2n) is 4.14. The summed E-state index contributed by atoms with van der Waals surface area (Å²) in [6.07, 6.45) is 5.16. The van der Waals surface area contributed by atoms with Gasteiger partial charge in [0.2, 0.25) is 5.91 Å². The lowest BCUT2D eigenvalue weighted by Gasteiger charge is -2.11. The van der Waals surface area contributed by atoms with E-state index in [2.05, 4.69) is 0 Å². The Morgan fingerprint density at radius 3 is 2.56 bits per heavy atom. The highest BCUT2D eigenvalue weighted by Crippen LogP contribution is 2.37. The van der Waals surface area contributed by atoms with E-state index >= 15 is 0 Å². The largest absolute Gasteiger partial charge is 0.398 e. The zero-order valence-corrected chi connectivity index (χ0v) is 9.93. The number of thioether (sulfide) groups is 1. The highest BCUT2D eigenvalue weighted by atomic mass is 32.2. The van der Waals surface area contributed by atoms with Crippen molar-refractivity contribution in [3.8, 4) is 0 Å². The molecule has 1 aliphatic carbocycles. The molecule has 4 N–H and O–H groups in total. The number of anilines is 1. The molecule has 1 aliphatic rings. The Hall–Kier alpha value is -1.16. The zero-order chi connectivity index (χ0) is 11.5. The van der Waals surface area contributed by atoms with Crippen LogP contribution in [0, 0.1) is 0 Å². The number of carbonyl (C=O) groups is 1. The highest BCUT2D eigenvalue weighted by Gasteiger charge is 2.17. The predicted molar refractivity (Wildman–Crippen MR) is 67.5 cm³/mol. The smallest absolute Gasteiger partial charge is 0.248 e. The first-order valence-corrected chi connectivity index (χ1v) is 6.41. The summed E-state index contributed by atoms with van der Waals surface area (Å²) in [7, 11) is 0. The minimum absolute atomic E-state index is 0.427. The maximum absolute atomic E-state index is 11.0. The van der Waals surface area contributed by atoms with Gasteiger partial charge in [0.05, 0.1) is 0 Å². The van der Waals surface area contributed by atoms with Crippen LogP contribution >= 0.6 is 11.8 Å². The Kier molecular flexibility index (Phi) is 3.39. The van der Waals surface area contributed by atoms with Crippen LogP contribution in [-0.2, 0) is 0 Å². The first-order chi connectivity index (χ1) is 7.66. The summed E-state index contributed by atoms with van der Waals surface area (Å²) < 4.78 is 0. The quantitative estimate of drug-likeness (QED) is 0.792. The maximum atomic E-state index is 11.0. The second kappa shape index (κ2) is 4.78. The minimum Gasteiger partial charge on any atom is -0.398 e. The Bertz CT molecular complexity index is 400. The van der Waals surface area contributed by atoms with Gasteiger partial charge in [-0.25, -0.2) is 0 Å². The number of hydrogen-bond donors (Lipinski definition) is 2. The number of carbonyl (C=O) groups excluding carboxylic acids is 1. The number of nitrogens with two attached hydrogens (primary N) is 2. The fourth-order valence-corrected chi connectivity index (χ4v) is 3.26. The molecule has 1 aromatic carbocycles. The van der Waals surface area contributed by atoms with Crippen molar-refractivity contribution in [3.63, 3.8) is 0 Å². The molecule has 0 atom stereocenters. The molecule has 0 bridgehead atoms. The molecule has 1 saturated carbocycles. The molecular weight excluding hydrogens is 220 g/mol. The number of hydrogen-bond acceptors (Lipinski definition) is 3. The summed E-state index contributed by atoms with van der Waals surface area (Å²) in [6.45, 7) is 0. The normalized spacial score (nSPS) is 16.5. The molecule has 3 nitrogen and oxygen atoms in total. The van der Waals surface area contributed by atoms with Crippen molar-refractivity contribution in [1.82, 2.24) is 0 Å². The predicted octanol–water partition coefficient (Wildman–Crippen LogP) is 2.40. The summed E-state index contributed by atoms with van der Waals surface area (Å²) >= 11 is 1.82. The molecule has 0 radical (unpaired) electrons. The number of primary amides is 1. The van der Waals surface area contributed by atoms with E-state index in [4.69, 9.17) is 11.5 Å². The van der Waals surface area contributed by atoms with E-state index in [0.29, 0.717) is 16.5 Å². The van der Waals surface area contributed by atoms with Crippen molar-refractivity contribution >= 4 is 23.4 Å². The van der Waals surface area contributed by atoms with Gasteiger partial charge < -0.3 is 11.5 Å². The van der Waals surface area contributed by atoms with Gasteiger partial charge in [0.1, 0.15) is 0 Å². The van der Waals surface area contributed by atoms with Crippen LogP contribution in [0.15, 0.2) is 23.1 Å². The van der Waals surface area contributed by atoms with Gasteiger partial charge >= 0.3 is 0 Å². The van der Waals surface area contributed by atoms with Crippen molar-refractivity contribution in [2.45, 2.75) is 35.8 Å². The molecule has 1 amide bonds. The molecule has 16 heavy (non-hydrogen) atoms.